The van der Waals surface area contributed by atoms with Gasteiger partial charge in [-0.3, -0.25) is 28.9 Å². The van der Waals surface area contributed by atoms with Crippen LogP contribution >= 0.6 is 0 Å². The van der Waals surface area contributed by atoms with Crippen LogP contribution < -0.4 is 5.73 Å². The van der Waals surface area contributed by atoms with Crippen LogP contribution in [0.5, 0.6) is 0 Å². The molecule has 7 nitrogen and oxygen atoms in total. The maximum absolute atomic E-state index is 12.5. The zero-order chi connectivity index (χ0) is 34.0. The number of pyridine rings is 2. The number of nitrogens with zero attached hydrogens (tertiary/aromatic N) is 4. The molecule has 9 heteroatoms. The average Bonchev–Trinajstić information content (AvgIpc) is 3.57. The Labute approximate surface area is 268 Å². The van der Waals surface area contributed by atoms with E-state index >= 15 is 0 Å². The molecule has 0 fully saturated rings. The summed E-state index contributed by atoms with van der Waals surface area (Å²) in [5, 5.41) is 0. The van der Waals surface area contributed by atoms with Gasteiger partial charge in [0.2, 0.25) is 5.91 Å². The largest absolute Gasteiger partial charge is 0.369 e. The molecule has 2 aromatic heterocycles. The van der Waals surface area contributed by atoms with Crippen LogP contribution in [0.25, 0.3) is 6.08 Å². The second-order valence-electron chi connectivity index (χ2n) is 10.8. The highest BCUT2D eigenvalue weighted by molar-refractivity contribution is 6.40. The molecule has 0 saturated carbocycles. The quantitative estimate of drug-likeness (QED) is 0.284. The van der Waals surface area contributed by atoms with Crippen LogP contribution in [-0.2, 0) is 27.8 Å². The molecular formula is C36H51F2N5O2. The van der Waals surface area contributed by atoms with Crippen molar-refractivity contribution in [1.29, 1.82) is 0 Å². The number of fused-ring (bicyclic) bond motifs is 1. The number of hydrogen-bond donors (Lipinski definition) is 1. The maximum atomic E-state index is 12.5. The number of aromatic nitrogens is 2. The smallest absolute Gasteiger partial charge is 0.270 e. The van der Waals surface area contributed by atoms with Crippen LogP contribution in [0.1, 0.15) is 83.7 Å². The van der Waals surface area contributed by atoms with Gasteiger partial charge in [-0.1, -0.05) is 77.1 Å². The van der Waals surface area contributed by atoms with Gasteiger partial charge in [0.25, 0.3) is 5.91 Å². The van der Waals surface area contributed by atoms with Gasteiger partial charge >= 0.3 is 0 Å². The molecule has 0 bridgehead atoms. The van der Waals surface area contributed by atoms with Gasteiger partial charge in [0.15, 0.2) is 0 Å². The molecule has 0 spiro atoms. The highest BCUT2D eigenvalue weighted by atomic mass is 19.1. The van der Waals surface area contributed by atoms with Crippen LogP contribution in [0.15, 0.2) is 72.2 Å². The van der Waals surface area contributed by atoms with Crippen molar-refractivity contribution in [3.05, 3.63) is 89.6 Å². The molecule has 2 amide bonds. The Kier molecular flexibility index (Phi) is 17.4. The summed E-state index contributed by atoms with van der Waals surface area (Å²) in [4.78, 5) is 40.0. The number of carbonyl (C=O) groups is 2. The minimum atomic E-state index is -0.812. The Morgan fingerprint density at radius 1 is 1.13 bits per heavy atom. The summed E-state index contributed by atoms with van der Waals surface area (Å²) in [7, 11) is 0.500. The van der Waals surface area contributed by atoms with Gasteiger partial charge in [0.05, 0.1) is 12.6 Å². The fraction of sp³-hybridized carbons (Fsp3) is 0.472. The molecule has 246 valence electrons. The van der Waals surface area contributed by atoms with Gasteiger partial charge in [0.1, 0.15) is 18.0 Å². The van der Waals surface area contributed by atoms with Crippen LogP contribution in [0.2, 0.25) is 0 Å². The summed E-state index contributed by atoms with van der Waals surface area (Å²) in [6.45, 7) is 14.0. The number of allylic oxidation sites excluding steroid dienone is 4. The Morgan fingerprint density at radius 2 is 1.84 bits per heavy atom. The highest BCUT2D eigenvalue weighted by Gasteiger charge is 2.45. The van der Waals surface area contributed by atoms with Crippen molar-refractivity contribution >= 4 is 23.6 Å². The molecule has 3 atom stereocenters. The predicted octanol–water partition coefficient (Wildman–Crippen LogP) is 7.17. The fourth-order valence-corrected chi connectivity index (χ4v) is 4.98. The molecule has 1 unspecified atom stereocenters. The molecule has 4 rings (SSSR count). The molecule has 45 heavy (non-hydrogen) atoms. The van der Waals surface area contributed by atoms with Gasteiger partial charge < -0.3 is 10.6 Å². The second-order valence-corrected chi connectivity index (χ2v) is 10.8. The maximum Gasteiger partial charge on any atom is 0.270 e. The van der Waals surface area contributed by atoms with E-state index in [1.807, 2.05) is 77.1 Å². The van der Waals surface area contributed by atoms with E-state index in [0.29, 0.717) is 32.3 Å². The summed E-state index contributed by atoms with van der Waals surface area (Å²) in [5.74, 6) is -0.241. The van der Waals surface area contributed by atoms with E-state index in [1.165, 1.54) is 6.92 Å². The summed E-state index contributed by atoms with van der Waals surface area (Å²) in [5.41, 5.74) is 9.31. The zero-order valence-corrected chi connectivity index (χ0v) is 28.1. The van der Waals surface area contributed by atoms with Gasteiger partial charge in [0, 0.05) is 43.2 Å². The Hall–Kier alpha value is -4.01. The SMILES string of the molecule is CC.CC(C)C1=N[C@H](C)N(C/C=C/c2cnc3c(c2)C[C@@](C(N)=O)(c2cccnc2)C3)C1=O.CC/C=C\C/C=C\C(C)F.CF. The molecule has 0 radical (unpaired) electrons. The molecule has 1 aliphatic carbocycles. The number of nitrogens with two attached hydrogens (primary N) is 1. The summed E-state index contributed by atoms with van der Waals surface area (Å²) >= 11 is 0. The molecule has 0 saturated heterocycles. The molecule has 0 aromatic carbocycles. The van der Waals surface area contributed by atoms with Gasteiger partial charge in [-0.05, 0) is 61.9 Å². The van der Waals surface area contributed by atoms with E-state index in [9.17, 15) is 18.4 Å². The van der Waals surface area contributed by atoms with Gasteiger partial charge in [-0.15, -0.1) is 0 Å². The van der Waals surface area contributed by atoms with Crippen molar-refractivity contribution in [1.82, 2.24) is 14.9 Å². The first kappa shape index (κ1) is 39.0. The highest BCUT2D eigenvalue weighted by Crippen LogP contribution is 2.39. The summed E-state index contributed by atoms with van der Waals surface area (Å²) < 4.78 is 21.6. The number of rotatable bonds is 10. The molecule has 2 N–H and O–H groups in total. The van der Waals surface area contributed by atoms with Crippen LogP contribution in [-0.4, -0.2) is 58.5 Å². The van der Waals surface area contributed by atoms with Crippen LogP contribution in [0, 0.1) is 5.92 Å². The molecular weight excluding hydrogens is 572 g/mol. The number of hydrogen-bond acceptors (Lipinski definition) is 5. The number of amides is 2. The van der Waals surface area contributed by atoms with E-state index in [0.717, 1.165) is 35.2 Å². The Balaban J connectivity index is 0.000000615. The lowest BCUT2D eigenvalue weighted by molar-refractivity contribution is -0.124. The predicted molar refractivity (Wildman–Crippen MR) is 181 cm³/mol. The summed E-state index contributed by atoms with van der Waals surface area (Å²) in [6, 6.07) is 5.76. The van der Waals surface area contributed by atoms with Crippen molar-refractivity contribution in [2.45, 2.75) is 91.9 Å². The third-order valence-electron chi connectivity index (χ3n) is 7.22. The Morgan fingerprint density at radius 3 is 2.40 bits per heavy atom. The van der Waals surface area contributed by atoms with Crippen molar-refractivity contribution < 1.29 is 18.4 Å². The lowest BCUT2D eigenvalue weighted by Crippen LogP contribution is -2.42. The Bertz CT molecular complexity index is 1320. The third kappa shape index (κ3) is 11.1. The topological polar surface area (TPSA) is 102 Å². The normalized spacial score (nSPS) is 19.4. The fourth-order valence-electron chi connectivity index (χ4n) is 4.98. The first-order valence-corrected chi connectivity index (χ1v) is 15.7. The van der Waals surface area contributed by atoms with E-state index < -0.39 is 11.6 Å². The van der Waals surface area contributed by atoms with Crippen LogP contribution in [0.3, 0.4) is 0 Å². The number of alkyl halides is 2. The van der Waals surface area contributed by atoms with E-state index in [1.54, 1.807) is 29.6 Å². The van der Waals surface area contributed by atoms with E-state index in [2.05, 4.69) is 28.0 Å². The van der Waals surface area contributed by atoms with E-state index in [-0.39, 0.29) is 23.9 Å². The number of halogens is 2. The van der Waals surface area contributed by atoms with Crippen molar-refractivity contribution in [2.75, 3.05) is 13.7 Å². The molecule has 2 aliphatic rings. The average molecular weight is 624 g/mol. The first-order valence-electron chi connectivity index (χ1n) is 15.7. The molecule has 3 heterocycles. The standard InChI is InChI=1S/C24H27N5O2.C9H15F.C2H6.CH3F/c1-15(2)21-22(30)29(16(3)28-21)9-5-6-17-10-18-11-24(23(25)31,12-20(18)27-13-17)19-7-4-8-26-14-19;1-3-4-5-6-7-8-9(2)10;2*1-2/h4-8,10,13-16H,9,11-12H2,1-3H3,(H2,25,31);4-5,7-9H,3,6H2,1-2H3;1-2H3;1H3/b6-5+;5-4-,8-7-;;/t16-,24-;;;/m0.../s1. The minimum absolute atomic E-state index is 0.00180. The first-order chi connectivity index (χ1) is 21.6. The van der Waals surface area contributed by atoms with E-state index in [4.69, 9.17) is 5.73 Å². The molecule has 2 aromatic rings. The minimum Gasteiger partial charge on any atom is -0.369 e. The van der Waals surface area contributed by atoms with Crippen molar-refractivity contribution in [3.63, 3.8) is 0 Å². The van der Waals surface area contributed by atoms with Crippen LogP contribution in [0.4, 0.5) is 8.78 Å². The number of aliphatic imine (C=N–C) groups is 1. The van der Waals surface area contributed by atoms with Crippen molar-refractivity contribution in [3.8, 4) is 0 Å². The number of primary amides is 1. The number of carbonyl (C=O) groups excluding carboxylic acids is 2. The third-order valence-corrected chi connectivity index (χ3v) is 7.22. The van der Waals surface area contributed by atoms with Gasteiger partial charge in [-0.25, -0.2) is 4.39 Å². The molecule has 1 aliphatic heterocycles. The summed E-state index contributed by atoms with van der Waals surface area (Å²) in [6.07, 6.45) is 18.5. The lowest BCUT2D eigenvalue weighted by atomic mass is 9.78. The zero-order valence-electron chi connectivity index (χ0n) is 28.1. The second kappa shape index (κ2) is 20.1. The lowest BCUT2D eigenvalue weighted by Gasteiger charge is -2.24. The van der Waals surface area contributed by atoms with Crippen molar-refractivity contribution in [2.24, 2.45) is 16.6 Å². The monoisotopic (exact) mass is 623 g/mol. The van der Waals surface area contributed by atoms with Gasteiger partial charge in [-0.2, -0.15) is 0 Å².